The molecule has 0 aromatic carbocycles. The van der Waals surface area contributed by atoms with Gasteiger partial charge < -0.3 is 5.73 Å². The third-order valence-corrected chi connectivity index (χ3v) is 1.44. The van der Waals surface area contributed by atoms with Gasteiger partial charge in [0.2, 0.25) is 0 Å². The number of allylic oxidation sites excluding steroid dienone is 2. The van der Waals surface area contributed by atoms with Crippen LogP contribution in [0.2, 0.25) is 0 Å². The second-order valence-corrected chi connectivity index (χ2v) is 2.31. The largest absolute Gasteiger partial charge is 0.382 e. The average molecular weight is 176 g/mol. The van der Waals surface area contributed by atoms with Crippen molar-refractivity contribution < 1.29 is 4.79 Å². The Labute approximate surface area is 75.1 Å². The van der Waals surface area contributed by atoms with Crippen LogP contribution in [0.5, 0.6) is 0 Å². The van der Waals surface area contributed by atoms with Gasteiger partial charge in [-0.15, -0.1) is 0 Å². The highest BCUT2D eigenvalue weighted by molar-refractivity contribution is 5.91. The summed E-state index contributed by atoms with van der Waals surface area (Å²) in [5, 5.41) is 12.2. The Kier molecular flexibility index (Phi) is 2.45. The quantitative estimate of drug-likeness (QED) is 0.633. The van der Waals surface area contributed by atoms with Crippen LogP contribution in [0, 0.1) is 11.3 Å². The molecule has 0 bridgehead atoms. The number of hydrogen-bond acceptors (Lipinski definition) is 4. The molecule has 0 saturated heterocycles. The number of carbonyl (C=O) groups is 1. The zero-order valence-electron chi connectivity index (χ0n) is 7.06. The second kappa shape index (κ2) is 3.54. The van der Waals surface area contributed by atoms with Crippen LogP contribution >= 0.6 is 0 Å². The molecule has 5 heteroatoms. The van der Waals surface area contributed by atoms with E-state index in [-0.39, 0.29) is 17.3 Å². The number of carbonyl (C=O) groups excluding carboxylic acids is 1. The summed E-state index contributed by atoms with van der Waals surface area (Å²) >= 11 is 0. The average Bonchev–Trinajstić information content (AvgIpc) is 2.47. The lowest BCUT2D eigenvalue weighted by atomic mass is 10.4. The van der Waals surface area contributed by atoms with Gasteiger partial charge in [-0.3, -0.25) is 4.79 Å². The molecule has 1 aromatic heterocycles. The molecule has 0 amide bonds. The first-order valence-electron chi connectivity index (χ1n) is 3.61. The van der Waals surface area contributed by atoms with Gasteiger partial charge in [-0.25, -0.2) is 0 Å². The van der Waals surface area contributed by atoms with Gasteiger partial charge in [-0.2, -0.15) is 15.0 Å². The predicted octanol–water partition coefficient (Wildman–Crippen LogP) is 0.553. The van der Waals surface area contributed by atoms with Crippen LogP contribution < -0.4 is 5.73 Å². The molecule has 13 heavy (non-hydrogen) atoms. The van der Waals surface area contributed by atoms with Gasteiger partial charge in [0.25, 0.3) is 5.91 Å². The van der Waals surface area contributed by atoms with Crippen molar-refractivity contribution in [2.45, 2.75) is 6.92 Å². The zero-order valence-corrected chi connectivity index (χ0v) is 7.06. The molecule has 0 unspecified atom stereocenters. The predicted molar refractivity (Wildman–Crippen MR) is 46.8 cm³/mol. The minimum Gasteiger partial charge on any atom is -0.382 e. The van der Waals surface area contributed by atoms with Crippen LogP contribution in [0.1, 0.15) is 17.3 Å². The molecule has 1 rings (SSSR count). The molecule has 0 aliphatic rings. The molecule has 0 aliphatic carbocycles. The molecule has 1 aromatic rings. The Hall–Kier alpha value is -2.09. The lowest BCUT2D eigenvalue weighted by Gasteiger charge is -1.96. The maximum absolute atomic E-state index is 11.2. The Morgan fingerprint density at radius 3 is 3.00 bits per heavy atom. The van der Waals surface area contributed by atoms with E-state index in [2.05, 4.69) is 5.10 Å². The molecular weight excluding hydrogens is 168 g/mol. The van der Waals surface area contributed by atoms with Crippen molar-refractivity contribution in [1.82, 2.24) is 9.78 Å². The van der Waals surface area contributed by atoms with Crippen molar-refractivity contribution >= 4 is 11.7 Å². The fraction of sp³-hybridized carbons (Fsp3) is 0.125. The molecule has 2 N–H and O–H groups in total. The summed E-state index contributed by atoms with van der Waals surface area (Å²) in [6, 6.07) is 1.83. The fourth-order valence-corrected chi connectivity index (χ4v) is 0.833. The second-order valence-electron chi connectivity index (χ2n) is 2.31. The first kappa shape index (κ1) is 9.00. The third-order valence-electron chi connectivity index (χ3n) is 1.44. The highest BCUT2D eigenvalue weighted by Gasteiger charge is 2.10. The Morgan fingerprint density at radius 1 is 1.85 bits per heavy atom. The summed E-state index contributed by atoms with van der Waals surface area (Å²) in [6.45, 7) is 1.71. The number of aromatic nitrogens is 2. The van der Waals surface area contributed by atoms with Crippen LogP contribution in [0.25, 0.3) is 0 Å². The van der Waals surface area contributed by atoms with E-state index >= 15 is 0 Å². The Morgan fingerprint density at radius 2 is 2.54 bits per heavy atom. The maximum Gasteiger partial charge on any atom is 0.272 e. The normalized spacial score (nSPS) is 10.2. The van der Waals surface area contributed by atoms with E-state index in [0.717, 1.165) is 4.68 Å². The lowest BCUT2D eigenvalue weighted by molar-refractivity contribution is 0.0957. The van der Waals surface area contributed by atoms with E-state index in [0.29, 0.717) is 0 Å². The van der Waals surface area contributed by atoms with Crippen LogP contribution in [0.4, 0.5) is 5.82 Å². The molecule has 0 fully saturated rings. The van der Waals surface area contributed by atoms with Crippen molar-refractivity contribution in [2.75, 3.05) is 5.73 Å². The van der Waals surface area contributed by atoms with Gasteiger partial charge in [0.05, 0.1) is 6.20 Å². The Bertz CT molecular complexity index is 397. The SMILES string of the molecule is C/C=C/C(=O)n1ncc(C#N)c1N. The minimum absolute atomic E-state index is 0.0746. The van der Waals surface area contributed by atoms with Crippen molar-refractivity contribution in [3.63, 3.8) is 0 Å². The maximum atomic E-state index is 11.2. The van der Waals surface area contributed by atoms with Crippen molar-refractivity contribution in [1.29, 1.82) is 5.26 Å². The number of nitrogen functional groups attached to an aromatic ring is 1. The number of nitrogens with zero attached hydrogens (tertiary/aromatic N) is 3. The highest BCUT2D eigenvalue weighted by Crippen LogP contribution is 2.08. The number of hydrogen-bond donors (Lipinski definition) is 1. The molecule has 0 aliphatic heterocycles. The summed E-state index contributed by atoms with van der Waals surface area (Å²) in [7, 11) is 0. The van der Waals surface area contributed by atoms with Crippen LogP contribution in [0.15, 0.2) is 18.3 Å². The summed E-state index contributed by atoms with van der Waals surface area (Å²) in [5.41, 5.74) is 5.67. The van der Waals surface area contributed by atoms with Gasteiger partial charge in [0, 0.05) is 6.08 Å². The summed E-state index contributed by atoms with van der Waals surface area (Å²) in [4.78, 5) is 11.2. The fourth-order valence-electron chi connectivity index (χ4n) is 0.833. The van der Waals surface area contributed by atoms with E-state index in [1.165, 1.54) is 12.3 Å². The summed E-state index contributed by atoms with van der Waals surface area (Å²) in [5.74, 6) is -0.285. The van der Waals surface area contributed by atoms with Gasteiger partial charge >= 0.3 is 0 Å². The lowest BCUT2D eigenvalue weighted by Crippen LogP contribution is -2.12. The van der Waals surface area contributed by atoms with Crippen LogP contribution in [0.3, 0.4) is 0 Å². The molecular formula is C8H8N4O. The van der Waals surface area contributed by atoms with Crippen LogP contribution in [-0.2, 0) is 0 Å². The topological polar surface area (TPSA) is 84.7 Å². The first-order valence-corrected chi connectivity index (χ1v) is 3.61. The molecule has 66 valence electrons. The van der Waals surface area contributed by atoms with Gasteiger partial charge in [0.15, 0.2) is 0 Å². The van der Waals surface area contributed by atoms with Gasteiger partial charge in [-0.05, 0) is 6.92 Å². The minimum atomic E-state index is -0.360. The van der Waals surface area contributed by atoms with Crippen molar-refractivity contribution in [3.8, 4) is 6.07 Å². The molecule has 5 nitrogen and oxygen atoms in total. The van der Waals surface area contributed by atoms with Gasteiger partial charge in [-0.1, -0.05) is 6.08 Å². The van der Waals surface area contributed by atoms with Crippen molar-refractivity contribution in [3.05, 3.63) is 23.9 Å². The molecule has 1 heterocycles. The van der Waals surface area contributed by atoms with E-state index in [1.54, 1.807) is 13.0 Å². The molecule has 0 atom stereocenters. The Balaban J connectivity index is 3.11. The summed E-state index contributed by atoms with van der Waals surface area (Å²) < 4.78 is 0.985. The summed E-state index contributed by atoms with van der Waals surface area (Å²) in [6.07, 6.45) is 4.16. The highest BCUT2D eigenvalue weighted by atomic mass is 16.2. The molecule has 0 saturated carbocycles. The molecule has 0 radical (unpaired) electrons. The van der Waals surface area contributed by atoms with E-state index < -0.39 is 0 Å². The number of anilines is 1. The first-order chi connectivity index (χ1) is 6.20. The molecule has 0 spiro atoms. The monoisotopic (exact) mass is 176 g/mol. The number of rotatable bonds is 1. The standard InChI is InChI=1S/C8H8N4O/c1-2-3-7(13)12-8(10)6(4-9)5-11-12/h2-3,5H,10H2,1H3/b3-2+. The third kappa shape index (κ3) is 1.56. The number of nitriles is 1. The van der Waals surface area contributed by atoms with Gasteiger partial charge in [0.1, 0.15) is 17.5 Å². The van der Waals surface area contributed by atoms with Crippen molar-refractivity contribution in [2.24, 2.45) is 0 Å². The van der Waals surface area contributed by atoms with E-state index in [4.69, 9.17) is 11.0 Å². The smallest absolute Gasteiger partial charge is 0.272 e. The number of nitrogens with two attached hydrogens (primary N) is 1. The van der Waals surface area contributed by atoms with Crippen LogP contribution in [-0.4, -0.2) is 15.7 Å². The van der Waals surface area contributed by atoms with E-state index in [9.17, 15) is 4.79 Å². The van der Waals surface area contributed by atoms with E-state index in [1.807, 2.05) is 6.07 Å². The zero-order chi connectivity index (χ0) is 9.84.